The maximum absolute atomic E-state index is 12.1. The molecule has 0 aromatic carbocycles. The average Bonchev–Trinajstić information content (AvgIpc) is 3.06. The summed E-state index contributed by atoms with van der Waals surface area (Å²) in [5.41, 5.74) is 0. The van der Waals surface area contributed by atoms with E-state index in [2.05, 4.69) is 43.5 Å². The number of hydrogen-bond acceptors (Lipinski definition) is 1. The second-order valence-electron chi connectivity index (χ2n) is 14.5. The first-order valence-electron chi connectivity index (χ1n) is 21.4. The van der Waals surface area contributed by atoms with Crippen LogP contribution in [0.1, 0.15) is 245 Å². The smallest absolute Gasteiger partial charge is 0.219 e. The number of hydrogen-bond donors (Lipinski definition) is 1. The van der Waals surface area contributed by atoms with Crippen molar-refractivity contribution in [3.05, 3.63) is 24.3 Å². The van der Waals surface area contributed by atoms with E-state index >= 15 is 0 Å². The molecule has 0 fully saturated rings. The van der Waals surface area contributed by atoms with E-state index in [1.807, 2.05) is 0 Å². The van der Waals surface area contributed by atoms with Crippen LogP contribution in [0, 0.1) is 0 Å². The summed E-state index contributed by atoms with van der Waals surface area (Å²) in [5.74, 6) is 0.273. The van der Waals surface area contributed by atoms with Crippen molar-refractivity contribution in [3.8, 4) is 0 Å². The molecule has 0 saturated carbocycles. The first kappa shape index (κ1) is 45.0. The van der Waals surface area contributed by atoms with Crippen LogP contribution in [-0.4, -0.2) is 12.5 Å². The Morgan fingerprint density at radius 1 is 0.348 bits per heavy atom. The summed E-state index contributed by atoms with van der Waals surface area (Å²) in [6.07, 6.45) is 57.7. The van der Waals surface area contributed by atoms with Gasteiger partial charge in [-0.15, -0.1) is 0 Å². The summed E-state index contributed by atoms with van der Waals surface area (Å²) in [4.78, 5) is 12.1. The summed E-state index contributed by atoms with van der Waals surface area (Å²) in [6.45, 7) is 5.45. The molecule has 0 heterocycles. The van der Waals surface area contributed by atoms with Gasteiger partial charge in [0.05, 0.1) is 0 Å². The lowest BCUT2D eigenvalue weighted by Crippen LogP contribution is -2.23. The summed E-state index contributed by atoms with van der Waals surface area (Å²) < 4.78 is 0. The molecule has 1 N–H and O–H groups in total. The summed E-state index contributed by atoms with van der Waals surface area (Å²) in [7, 11) is 0. The van der Waals surface area contributed by atoms with Crippen molar-refractivity contribution >= 4 is 5.91 Å². The Morgan fingerprint density at radius 3 is 0.935 bits per heavy atom. The summed E-state index contributed by atoms with van der Waals surface area (Å²) in [5, 5.41) is 3.15. The van der Waals surface area contributed by atoms with E-state index in [9.17, 15) is 4.79 Å². The van der Waals surface area contributed by atoms with E-state index in [1.54, 1.807) is 0 Å². The molecule has 2 nitrogen and oxygen atoms in total. The molecule has 2 heteroatoms. The summed E-state index contributed by atoms with van der Waals surface area (Å²) in [6, 6.07) is 0. The Bertz CT molecular complexity index is 623. The normalized spacial score (nSPS) is 11.8. The molecule has 0 aliphatic heterocycles. The number of carbonyl (C=O) groups excluding carboxylic acids is 1. The lowest BCUT2D eigenvalue weighted by atomic mass is 10.0. The number of rotatable bonds is 39. The van der Waals surface area contributed by atoms with Gasteiger partial charge in [0.1, 0.15) is 0 Å². The van der Waals surface area contributed by atoms with E-state index in [0.717, 1.165) is 25.8 Å². The van der Waals surface area contributed by atoms with Crippen molar-refractivity contribution < 1.29 is 4.79 Å². The van der Waals surface area contributed by atoms with Crippen LogP contribution in [-0.2, 0) is 4.79 Å². The SMILES string of the molecule is CCCCCCCCC=CCCCCCCCCCCCCNC(=O)CCCCCCCCCCCC=CCCCCCCCC. The average molecular weight is 644 g/mol. The fourth-order valence-corrected chi connectivity index (χ4v) is 6.46. The fourth-order valence-electron chi connectivity index (χ4n) is 6.46. The van der Waals surface area contributed by atoms with Gasteiger partial charge in [-0.05, 0) is 64.2 Å². The lowest BCUT2D eigenvalue weighted by molar-refractivity contribution is -0.121. The van der Waals surface area contributed by atoms with Crippen LogP contribution in [0.25, 0.3) is 0 Å². The van der Waals surface area contributed by atoms with Crippen LogP contribution in [0.4, 0.5) is 0 Å². The second-order valence-corrected chi connectivity index (χ2v) is 14.5. The van der Waals surface area contributed by atoms with E-state index in [4.69, 9.17) is 0 Å². The second kappa shape index (κ2) is 42.0. The number of allylic oxidation sites excluding steroid dienone is 4. The first-order valence-corrected chi connectivity index (χ1v) is 21.4. The number of unbranched alkanes of at least 4 members (excludes halogenated alkanes) is 31. The standard InChI is InChI=1S/C44H85NO/c1-3-5-7-9-11-13-15-17-19-21-23-25-27-29-31-33-35-37-39-41-43-45-44(46)42-40-38-36-34-32-30-28-26-24-22-20-18-16-14-12-10-8-6-4-2/h17-20H,3-16,21-43H2,1-2H3,(H,45,46). The lowest BCUT2D eigenvalue weighted by Gasteiger charge is -2.06. The van der Waals surface area contributed by atoms with Gasteiger partial charge < -0.3 is 5.32 Å². The van der Waals surface area contributed by atoms with Gasteiger partial charge in [-0.3, -0.25) is 4.79 Å². The van der Waals surface area contributed by atoms with Crippen molar-refractivity contribution in [2.45, 2.75) is 245 Å². The van der Waals surface area contributed by atoms with Crippen molar-refractivity contribution in [1.82, 2.24) is 5.32 Å². The molecule has 0 bridgehead atoms. The van der Waals surface area contributed by atoms with Crippen LogP contribution < -0.4 is 5.32 Å². The molecule has 0 unspecified atom stereocenters. The Labute approximate surface area is 291 Å². The highest BCUT2D eigenvalue weighted by Gasteiger charge is 2.01. The van der Waals surface area contributed by atoms with Gasteiger partial charge in [0.2, 0.25) is 5.91 Å². The molecule has 0 saturated heterocycles. The summed E-state index contributed by atoms with van der Waals surface area (Å²) >= 11 is 0. The molecule has 0 rings (SSSR count). The van der Waals surface area contributed by atoms with Gasteiger partial charge in [-0.2, -0.15) is 0 Å². The molecule has 0 aliphatic carbocycles. The predicted octanol–water partition coefficient (Wildman–Crippen LogP) is 15.3. The largest absolute Gasteiger partial charge is 0.356 e. The molecule has 0 aromatic rings. The highest BCUT2D eigenvalue weighted by atomic mass is 16.1. The number of carbonyl (C=O) groups is 1. The molecule has 272 valence electrons. The molecule has 46 heavy (non-hydrogen) atoms. The molecule has 0 spiro atoms. The van der Waals surface area contributed by atoms with Crippen molar-refractivity contribution in [2.75, 3.05) is 6.54 Å². The van der Waals surface area contributed by atoms with Gasteiger partial charge in [0, 0.05) is 13.0 Å². The molecule has 0 aliphatic rings. The Morgan fingerprint density at radius 2 is 0.609 bits per heavy atom. The zero-order valence-electron chi connectivity index (χ0n) is 31.9. The first-order chi connectivity index (χ1) is 22.8. The van der Waals surface area contributed by atoms with E-state index < -0.39 is 0 Å². The maximum Gasteiger partial charge on any atom is 0.219 e. The van der Waals surface area contributed by atoms with Gasteiger partial charge in [0.25, 0.3) is 0 Å². The third-order valence-electron chi connectivity index (χ3n) is 9.68. The zero-order valence-corrected chi connectivity index (χ0v) is 31.9. The fraction of sp³-hybridized carbons (Fsp3) is 0.886. The monoisotopic (exact) mass is 644 g/mol. The van der Waals surface area contributed by atoms with E-state index in [0.29, 0.717) is 0 Å². The third-order valence-corrected chi connectivity index (χ3v) is 9.68. The Kier molecular flexibility index (Phi) is 41.0. The third kappa shape index (κ3) is 41.0. The minimum atomic E-state index is 0.273. The van der Waals surface area contributed by atoms with E-state index in [-0.39, 0.29) is 5.91 Å². The van der Waals surface area contributed by atoms with Gasteiger partial charge in [0.15, 0.2) is 0 Å². The zero-order chi connectivity index (χ0) is 33.3. The predicted molar refractivity (Wildman–Crippen MR) is 209 cm³/mol. The van der Waals surface area contributed by atoms with Gasteiger partial charge in [-0.25, -0.2) is 0 Å². The molecule has 1 amide bonds. The van der Waals surface area contributed by atoms with Crippen molar-refractivity contribution in [3.63, 3.8) is 0 Å². The van der Waals surface area contributed by atoms with Crippen LogP contribution in [0.5, 0.6) is 0 Å². The minimum absolute atomic E-state index is 0.273. The van der Waals surface area contributed by atoms with Crippen molar-refractivity contribution in [1.29, 1.82) is 0 Å². The molecule has 0 atom stereocenters. The van der Waals surface area contributed by atoms with Crippen LogP contribution in [0.15, 0.2) is 24.3 Å². The highest BCUT2D eigenvalue weighted by Crippen LogP contribution is 2.14. The number of nitrogens with one attached hydrogen (secondary N) is 1. The molecular formula is C44H85NO. The molecule has 0 aromatic heterocycles. The van der Waals surface area contributed by atoms with Gasteiger partial charge >= 0.3 is 0 Å². The molecule has 0 radical (unpaired) electrons. The Balaban J connectivity index is 3.20. The number of amides is 1. The van der Waals surface area contributed by atoms with Crippen molar-refractivity contribution in [2.24, 2.45) is 0 Å². The van der Waals surface area contributed by atoms with Crippen LogP contribution >= 0.6 is 0 Å². The quantitative estimate of drug-likeness (QED) is 0.0524. The van der Waals surface area contributed by atoms with Crippen LogP contribution in [0.2, 0.25) is 0 Å². The molecular weight excluding hydrogens is 558 g/mol. The Hall–Kier alpha value is -1.05. The van der Waals surface area contributed by atoms with Crippen LogP contribution in [0.3, 0.4) is 0 Å². The highest BCUT2D eigenvalue weighted by molar-refractivity contribution is 5.75. The van der Waals surface area contributed by atoms with E-state index in [1.165, 1.54) is 212 Å². The minimum Gasteiger partial charge on any atom is -0.356 e. The maximum atomic E-state index is 12.1. The van der Waals surface area contributed by atoms with Gasteiger partial charge in [-0.1, -0.05) is 199 Å². The topological polar surface area (TPSA) is 29.1 Å².